The van der Waals surface area contributed by atoms with Crippen molar-refractivity contribution in [3.05, 3.63) is 35.6 Å². The highest BCUT2D eigenvalue weighted by molar-refractivity contribution is 5.97. The summed E-state index contributed by atoms with van der Waals surface area (Å²) in [5.41, 5.74) is 0.581. The lowest BCUT2D eigenvalue weighted by Gasteiger charge is -2.33. The number of Topliss-reactive ketones (excluding diaryl/α,β-unsaturated/α-hetero) is 1. The monoisotopic (exact) mass is 308 g/mol. The topological polar surface area (TPSA) is 32.3 Å². The van der Waals surface area contributed by atoms with Gasteiger partial charge in [0.25, 0.3) is 0 Å². The highest BCUT2D eigenvalue weighted by Gasteiger charge is 2.20. The molecule has 1 N–H and O–H groups in total. The molecule has 1 fully saturated rings. The summed E-state index contributed by atoms with van der Waals surface area (Å²) in [4.78, 5) is 14.1. The second-order valence-corrected chi connectivity index (χ2v) is 4.45. The molecule has 6 heteroatoms. The van der Waals surface area contributed by atoms with Gasteiger partial charge in [-0.1, -0.05) is 0 Å². The fourth-order valence-corrected chi connectivity index (χ4v) is 2.03. The van der Waals surface area contributed by atoms with Gasteiger partial charge in [-0.05, 0) is 31.2 Å². The van der Waals surface area contributed by atoms with E-state index in [9.17, 15) is 9.18 Å². The van der Waals surface area contributed by atoms with E-state index < -0.39 is 0 Å². The van der Waals surface area contributed by atoms with Gasteiger partial charge in [0.05, 0.1) is 6.54 Å². The van der Waals surface area contributed by atoms with Crippen LogP contribution in [-0.4, -0.2) is 42.9 Å². The van der Waals surface area contributed by atoms with E-state index in [1.54, 1.807) is 12.1 Å². The molecule has 0 bridgehead atoms. The number of hydrogen-bond donors (Lipinski definition) is 1. The summed E-state index contributed by atoms with van der Waals surface area (Å²) in [7, 11) is 0. The van der Waals surface area contributed by atoms with Crippen molar-refractivity contribution in [3.8, 4) is 0 Å². The van der Waals surface area contributed by atoms with Crippen molar-refractivity contribution in [2.24, 2.45) is 0 Å². The third-order valence-electron chi connectivity index (χ3n) is 3.15. The van der Waals surface area contributed by atoms with E-state index >= 15 is 0 Å². The van der Waals surface area contributed by atoms with Gasteiger partial charge >= 0.3 is 0 Å². The number of carbonyl (C=O) groups excluding carboxylic acids is 1. The van der Waals surface area contributed by atoms with E-state index in [0.717, 1.165) is 19.6 Å². The molecule has 1 aliphatic heterocycles. The molecule has 1 aromatic rings. The van der Waals surface area contributed by atoms with Crippen LogP contribution >= 0.6 is 24.8 Å². The third kappa shape index (κ3) is 5.07. The van der Waals surface area contributed by atoms with Crippen LogP contribution in [0, 0.1) is 5.82 Å². The molecule has 3 nitrogen and oxygen atoms in total. The summed E-state index contributed by atoms with van der Waals surface area (Å²) in [5, 5.41) is 3.28. The molecule has 1 aromatic carbocycles. The maximum absolute atomic E-state index is 12.7. The number of nitrogens with one attached hydrogen (secondary N) is 1. The van der Waals surface area contributed by atoms with E-state index in [4.69, 9.17) is 0 Å². The number of nitrogens with zero attached hydrogens (tertiary/aromatic N) is 1. The Morgan fingerprint density at radius 1 is 1.37 bits per heavy atom. The number of hydrogen-bond acceptors (Lipinski definition) is 3. The van der Waals surface area contributed by atoms with Crippen LogP contribution < -0.4 is 5.32 Å². The van der Waals surface area contributed by atoms with Gasteiger partial charge in [0.15, 0.2) is 5.78 Å². The van der Waals surface area contributed by atoms with Gasteiger partial charge in [-0.15, -0.1) is 24.8 Å². The first-order valence-electron chi connectivity index (χ1n) is 5.90. The van der Waals surface area contributed by atoms with Gasteiger partial charge in [-0.25, -0.2) is 4.39 Å². The van der Waals surface area contributed by atoms with Crippen LogP contribution in [0.4, 0.5) is 4.39 Å². The average Bonchev–Trinajstić information content (AvgIpc) is 2.33. The molecule has 108 valence electrons. The molecular formula is C13H19Cl2FN2O. The number of ketones is 1. The zero-order valence-corrected chi connectivity index (χ0v) is 12.4. The molecule has 0 radical (unpaired) electrons. The Bertz CT molecular complexity index is 400. The maximum atomic E-state index is 12.7. The van der Waals surface area contributed by atoms with Crippen LogP contribution in [-0.2, 0) is 0 Å². The zero-order chi connectivity index (χ0) is 12.3. The van der Waals surface area contributed by atoms with Crippen LogP contribution in [0.2, 0.25) is 0 Å². The van der Waals surface area contributed by atoms with E-state index in [1.807, 2.05) is 0 Å². The molecule has 0 aliphatic carbocycles. The minimum Gasteiger partial charge on any atom is -0.314 e. The quantitative estimate of drug-likeness (QED) is 0.868. The molecule has 0 amide bonds. The largest absolute Gasteiger partial charge is 0.314 e. The molecule has 19 heavy (non-hydrogen) atoms. The highest BCUT2D eigenvalue weighted by Crippen LogP contribution is 2.08. The predicted molar refractivity (Wildman–Crippen MR) is 79.1 cm³/mol. The van der Waals surface area contributed by atoms with Gasteiger partial charge < -0.3 is 5.32 Å². The minimum absolute atomic E-state index is 0. The summed E-state index contributed by atoms with van der Waals surface area (Å²) in [6.45, 7) is 5.23. The molecule has 1 heterocycles. The van der Waals surface area contributed by atoms with Crippen molar-refractivity contribution in [3.63, 3.8) is 0 Å². The normalized spacial score (nSPS) is 19.2. The molecule has 0 aromatic heterocycles. The van der Waals surface area contributed by atoms with Crippen LogP contribution in [0.15, 0.2) is 24.3 Å². The molecule has 0 unspecified atom stereocenters. The Labute approximate surface area is 125 Å². The molecule has 1 saturated heterocycles. The van der Waals surface area contributed by atoms with Gasteiger partial charge in [0.1, 0.15) is 5.82 Å². The van der Waals surface area contributed by atoms with Crippen molar-refractivity contribution in [1.82, 2.24) is 10.2 Å². The number of rotatable bonds is 3. The highest BCUT2D eigenvalue weighted by atomic mass is 35.5. The molecule has 0 spiro atoms. The Morgan fingerprint density at radius 3 is 2.58 bits per heavy atom. The lowest BCUT2D eigenvalue weighted by Crippen LogP contribution is -2.51. The summed E-state index contributed by atoms with van der Waals surface area (Å²) in [5.74, 6) is -0.254. The summed E-state index contributed by atoms with van der Waals surface area (Å²) in [6, 6.07) is 6.12. The van der Waals surface area contributed by atoms with Crippen molar-refractivity contribution < 1.29 is 9.18 Å². The minimum atomic E-state index is -0.308. The Hall–Kier alpha value is -0.680. The van der Waals surface area contributed by atoms with E-state index in [2.05, 4.69) is 17.1 Å². The van der Waals surface area contributed by atoms with Crippen LogP contribution in [0.1, 0.15) is 17.3 Å². The number of carbonyl (C=O) groups is 1. The first kappa shape index (κ1) is 18.3. The molecule has 2 rings (SSSR count). The van der Waals surface area contributed by atoms with Crippen molar-refractivity contribution in [2.75, 3.05) is 26.2 Å². The molecular weight excluding hydrogens is 290 g/mol. The Balaban J connectivity index is 0.00000162. The number of halogens is 3. The lowest BCUT2D eigenvalue weighted by molar-refractivity contribution is 0.0875. The fourth-order valence-electron chi connectivity index (χ4n) is 2.03. The van der Waals surface area contributed by atoms with E-state index in [-0.39, 0.29) is 36.4 Å². The van der Waals surface area contributed by atoms with E-state index in [0.29, 0.717) is 18.2 Å². The zero-order valence-electron chi connectivity index (χ0n) is 10.8. The van der Waals surface area contributed by atoms with Gasteiger partial charge in [-0.3, -0.25) is 9.69 Å². The first-order chi connectivity index (χ1) is 8.16. The van der Waals surface area contributed by atoms with Crippen molar-refractivity contribution >= 4 is 30.6 Å². The van der Waals surface area contributed by atoms with Crippen LogP contribution in [0.3, 0.4) is 0 Å². The Morgan fingerprint density at radius 2 is 2.00 bits per heavy atom. The second-order valence-electron chi connectivity index (χ2n) is 4.45. The Kier molecular flexibility index (Phi) is 8.18. The number of piperazine rings is 1. The second kappa shape index (κ2) is 8.48. The smallest absolute Gasteiger partial charge is 0.176 e. The van der Waals surface area contributed by atoms with E-state index in [1.165, 1.54) is 12.1 Å². The third-order valence-corrected chi connectivity index (χ3v) is 3.15. The fraction of sp³-hybridized carbons (Fsp3) is 0.462. The predicted octanol–water partition coefficient (Wildman–Crippen LogP) is 2.15. The van der Waals surface area contributed by atoms with Gasteiger partial charge in [0, 0.05) is 31.2 Å². The SMILES string of the molecule is C[C@@H]1CNCCN1CC(=O)c1ccc(F)cc1.Cl.Cl. The van der Waals surface area contributed by atoms with Gasteiger partial charge in [-0.2, -0.15) is 0 Å². The summed E-state index contributed by atoms with van der Waals surface area (Å²) in [6.07, 6.45) is 0. The standard InChI is InChI=1S/C13H17FN2O.2ClH/c1-10-8-15-6-7-16(10)9-13(17)11-2-4-12(14)5-3-11;;/h2-5,10,15H,6-9H2,1H3;2*1H/t10-;;/m1../s1. The van der Waals surface area contributed by atoms with Crippen molar-refractivity contribution in [1.29, 1.82) is 0 Å². The average molecular weight is 309 g/mol. The van der Waals surface area contributed by atoms with Crippen LogP contribution in [0.5, 0.6) is 0 Å². The van der Waals surface area contributed by atoms with Crippen molar-refractivity contribution in [2.45, 2.75) is 13.0 Å². The number of benzene rings is 1. The maximum Gasteiger partial charge on any atom is 0.176 e. The summed E-state index contributed by atoms with van der Waals surface area (Å²) < 4.78 is 12.7. The van der Waals surface area contributed by atoms with Gasteiger partial charge in [0.2, 0.25) is 0 Å². The first-order valence-corrected chi connectivity index (χ1v) is 5.90. The van der Waals surface area contributed by atoms with Crippen LogP contribution in [0.25, 0.3) is 0 Å². The molecule has 1 atom stereocenters. The summed E-state index contributed by atoms with van der Waals surface area (Å²) >= 11 is 0. The lowest BCUT2D eigenvalue weighted by atomic mass is 10.1. The molecule has 0 saturated carbocycles. The molecule has 1 aliphatic rings.